The van der Waals surface area contributed by atoms with Crippen molar-refractivity contribution >= 4 is 38.5 Å². The number of fused-ring (bicyclic) bond motifs is 1. The van der Waals surface area contributed by atoms with E-state index in [1.165, 1.54) is 17.3 Å². The molecule has 5 aromatic rings. The fraction of sp³-hybridized carbons (Fsp3) is 0.226. The van der Waals surface area contributed by atoms with Crippen LogP contribution in [0.3, 0.4) is 0 Å². The van der Waals surface area contributed by atoms with E-state index in [1.807, 2.05) is 54.0 Å². The van der Waals surface area contributed by atoms with Crippen LogP contribution < -0.4 is 9.47 Å². The fourth-order valence-electron chi connectivity index (χ4n) is 4.69. The molecule has 0 saturated heterocycles. The molecule has 0 fully saturated rings. The van der Waals surface area contributed by atoms with Crippen LogP contribution in [0.25, 0.3) is 16.5 Å². The molecule has 0 N–H and O–H groups in total. The summed E-state index contributed by atoms with van der Waals surface area (Å²) in [6.45, 7) is 6.00. The second-order valence-corrected chi connectivity index (χ2v) is 11.7. The number of nitro groups is 1. The van der Waals surface area contributed by atoms with Crippen molar-refractivity contribution in [3.8, 4) is 17.2 Å². The van der Waals surface area contributed by atoms with Crippen molar-refractivity contribution in [1.29, 1.82) is 0 Å². The number of methoxy groups -OCH3 is 1. The molecule has 0 aliphatic heterocycles. The van der Waals surface area contributed by atoms with E-state index in [1.54, 1.807) is 13.2 Å². The van der Waals surface area contributed by atoms with Gasteiger partial charge in [0.2, 0.25) is 6.54 Å². The summed E-state index contributed by atoms with van der Waals surface area (Å²) >= 11 is 4.93. The summed E-state index contributed by atoms with van der Waals surface area (Å²) in [6.07, 6.45) is 0. The number of halogens is 1. The van der Waals surface area contributed by atoms with Gasteiger partial charge in [0.25, 0.3) is 0 Å². The Kier molecular flexibility index (Phi) is 8.60. The fourth-order valence-corrected chi connectivity index (χ4v) is 6.42. The third-order valence-electron chi connectivity index (χ3n) is 6.98. The van der Waals surface area contributed by atoms with E-state index in [2.05, 4.69) is 64.2 Å². The third kappa shape index (κ3) is 6.23. The Hall–Kier alpha value is -3.89. The van der Waals surface area contributed by atoms with Crippen LogP contribution in [0, 0.1) is 30.9 Å². The Labute approximate surface area is 251 Å². The number of ether oxygens (including phenoxy) is 2. The van der Waals surface area contributed by atoms with Gasteiger partial charge in [-0.3, -0.25) is 14.7 Å². The van der Waals surface area contributed by atoms with Gasteiger partial charge in [0.1, 0.15) is 17.7 Å². The molecule has 0 bridgehead atoms. The molecule has 1 atom stereocenters. The summed E-state index contributed by atoms with van der Waals surface area (Å²) in [5.74, 6) is 1.71. The first-order valence-corrected chi connectivity index (χ1v) is 14.7. The predicted molar refractivity (Wildman–Crippen MR) is 165 cm³/mol. The normalized spacial score (nSPS) is 11.9. The van der Waals surface area contributed by atoms with Gasteiger partial charge in [-0.05, 0) is 94.0 Å². The molecule has 0 saturated carbocycles. The standard InChI is InChI=1S/C31H29BrN4O4S/c1-19-12-13-25(14-20(19)2)36-21(3)33-34-31(36)41-29(17-35(37)38)24-15-27(32)30(28(16-24)39-4)40-18-23-10-7-9-22-8-5-6-11-26(22)23/h5-16,29H,17-18H2,1-4H3/t29-/m0/s1. The van der Waals surface area contributed by atoms with E-state index in [0.717, 1.165) is 27.6 Å². The first-order chi connectivity index (χ1) is 19.7. The van der Waals surface area contributed by atoms with Gasteiger partial charge in [0.05, 0.1) is 11.6 Å². The number of nitrogens with zero attached hydrogens (tertiary/aromatic N) is 4. The molecular weight excluding hydrogens is 604 g/mol. The highest BCUT2D eigenvalue weighted by molar-refractivity contribution is 9.10. The lowest BCUT2D eigenvalue weighted by Crippen LogP contribution is -2.12. The van der Waals surface area contributed by atoms with Gasteiger partial charge in [-0.15, -0.1) is 10.2 Å². The Morgan fingerprint density at radius 1 is 1.00 bits per heavy atom. The summed E-state index contributed by atoms with van der Waals surface area (Å²) < 4.78 is 14.5. The van der Waals surface area contributed by atoms with Gasteiger partial charge in [0.15, 0.2) is 16.7 Å². The van der Waals surface area contributed by atoms with Crippen LogP contribution in [0.1, 0.15) is 33.3 Å². The van der Waals surface area contributed by atoms with E-state index in [0.29, 0.717) is 39.1 Å². The quantitative estimate of drug-likeness (QED) is 0.0880. The van der Waals surface area contributed by atoms with Crippen LogP contribution in [-0.2, 0) is 6.61 Å². The van der Waals surface area contributed by atoms with Crippen molar-refractivity contribution in [3.05, 3.63) is 115 Å². The summed E-state index contributed by atoms with van der Waals surface area (Å²) in [5, 5.41) is 22.7. The van der Waals surface area contributed by atoms with Crippen LogP contribution in [0.15, 0.2) is 82.4 Å². The number of hydrogen-bond acceptors (Lipinski definition) is 7. The molecular formula is C31H29BrN4O4S. The van der Waals surface area contributed by atoms with Crippen molar-refractivity contribution in [3.63, 3.8) is 0 Å². The van der Waals surface area contributed by atoms with Crippen molar-refractivity contribution in [2.75, 3.05) is 13.7 Å². The molecule has 0 amide bonds. The maximum atomic E-state index is 11.8. The molecule has 1 heterocycles. The zero-order valence-electron chi connectivity index (χ0n) is 23.1. The predicted octanol–water partition coefficient (Wildman–Crippen LogP) is 7.81. The Bertz CT molecular complexity index is 1730. The molecule has 0 aliphatic carbocycles. The molecule has 0 spiro atoms. The molecule has 8 nitrogen and oxygen atoms in total. The van der Waals surface area contributed by atoms with Gasteiger partial charge in [-0.2, -0.15) is 0 Å². The van der Waals surface area contributed by atoms with Crippen molar-refractivity contribution in [2.24, 2.45) is 0 Å². The number of rotatable bonds is 10. The lowest BCUT2D eigenvalue weighted by atomic mass is 10.1. The largest absolute Gasteiger partial charge is 0.493 e. The summed E-state index contributed by atoms with van der Waals surface area (Å²) in [4.78, 5) is 11.5. The molecule has 210 valence electrons. The van der Waals surface area contributed by atoms with E-state index < -0.39 is 5.25 Å². The molecule has 5 rings (SSSR count). The lowest BCUT2D eigenvalue weighted by molar-refractivity contribution is -0.479. The van der Waals surface area contributed by atoms with Gasteiger partial charge in [-0.25, -0.2) is 0 Å². The minimum Gasteiger partial charge on any atom is -0.493 e. The highest BCUT2D eigenvalue weighted by Gasteiger charge is 2.26. The average Bonchev–Trinajstić information content (AvgIpc) is 3.32. The first-order valence-electron chi connectivity index (χ1n) is 13.0. The minimum atomic E-state index is -0.559. The third-order valence-corrected chi connectivity index (χ3v) is 8.75. The van der Waals surface area contributed by atoms with Gasteiger partial charge >= 0.3 is 0 Å². The van der Waals surface area contributed by atoms with Crippen molar-refractivity contribution < 1.29 is 14.4 Å². The molecule has 1 aromatic heterocycles. The minimum absolute atomic E-state index is 0.310. The maximum absolute atomic E-state index is 11.8. The van der Waals surface area contributed by atoms with Crippen molar-refractivity contribution in [2.45, 2.75) is 37.8 Å². The van der Waals surface area contributed by atoms with Crippen molar-refractivity contribution in [1.82, 2.24) is 14.8 Å². The molecule has 0 unspecified atom stereocenters. The van der Waals surface area contributed by atoms with E-state index in [4.69, 9.17) is 9.47 Å². The molecule has 41 heavy (non-hydrogen) atoms. The van der Waals surface area contributed by atoms with Crippen LogP contribution in [0.5, 0.6) is 11.5 Å². The van der Waals surface area contributed by atoms with Crippen LogP contribution in [0.2, 0.25) is 0 Å². The maximum Gasteiger partial charge on any atom is 0.220 e. The summed E-state index contributed by atoms with van der Waals surface area (Å²) in [5.41, 5.74) is 4.99. The average molecular weight is 634 g/mol. The smallest absolute Gasteiger partial charge is 0.220 e. The molecule has 0 aliphatic rings. The Balaban J connectivity index is 1.46. The van der Waals surface area contributed by atoms with Gasteiger partial charge < -0.3 is 9.47 Å². The van der Waals surface area contributed by atoms with Gasteiger partial charge in [0, 0.05) is 10.6 Å². The molecule has 10 heteroatoms. The highest BCUT2D eigenvalue weighted by atomic mass is 79.9. The Morgan fingerprint density at radius 2 is 1.78 bits per heavy atom. The number of benzene rings is 4. The monoisotopic (exact) mass is 632 g/mol. The van der Waals surface area contributed by atoms with E-state index >= 15 is 0 Å². The summed E-state index contributed by atoms with van der Waals surface area (Å²) in [7, 11) is 1.56. The first kappa shape index (κ1) is 28.6. The van der Waals surface area contributed by atoms with Crippen LogP contribution in [0.4, 0.5) is 0 Å². The second-order valence-electron chi connectivity index (χ2n) is 9.72. The zero-order chi connectivity index (χ0) is 29.1. The summed E-state index contributed by atoms with van der Waals surface area (Å²) in [6, 6.07) is 24.0. The van der Waals surface area contributed by atoms with Crippen LogP contribution in [-0.4, -0.2) is 33.3 Å². The SMILES string of the molecule is COc1cc([C@H](C[N+](=O)[O-])Sc2nnc(C)n2-c2ccc(C)c(C)c2)cc(Br)c1OCc1cccc2ccccc12. The number of aryl methyl sites for hydroxylation is 3. The number of aromatic nitrogens is 3. The topological polar surface area (TPSA) is 92.3 Å². The Morgan fingerprint density at radius 3 is 2.54 bits per heavy atom. The van der Waals surface area contributed by atoms with Crippen LogP contribution >= 0.6 is 27.7 Å². The highest BCUT2D eigenvalue weighted by Crippen LogP contribution is 2.43. The number of thioether (sulfide) groups is 1. The zero-order valence-corrected chi connectivity index (χ0v) is 25.5. The van der Waals surface area contributed by atoms with E-state index in [-0.39, 0.29) is 11.5 Å². The number of hydrogen-bond donors (Lipinski definition) is 0. The molecule has 4 aromatic carbocycles. The van der Waals surface area contributed by atoms with Gasteiger partial charge in [-0.1, -0.05) is 60.3 Å². The van der Waals surface area contributed by atoms with E-state index in [9.17, 15) is 10.1 Å². The lowest BCUT2D eigenvalue weighted by Gasteiger charge is -2.19. The molecule has 0 radical (unpaired) electrons. The second kappa shape index (κ2) is 12.3.